The van der Waals surface area contributed by atoms with Gasteiger partial charge in [-0.3, -0.25) is 9.48 Å². The third-order valence-electron chi connectivity index (χ3n) is 5.19. The maximum Gasteiger partial charge on any atom is 0.274 e. The van der Waals surface area contributed by atoms with Crippen LogP contribution in [-0.2, 0) is 5.54 Å². The molecular formula is C18H30N4O. The molecule has 2 N–H and O–H groups in total. The Hall–Kier alpha value is -1.36. The van der Waals surface area contributed by atoms with Gasteiger partial charge in [0, 0.05) is 30.7 Å². The van der Waals surface area contributed by atoms with Crippen molar-refractivity contribution < 1.29 is 4.79 Å². The highest BCUT2D eigenvalue weighted by atomic mass is 16.2. The number of amides is 1. The van der Waals surface area contributed by atoms with Gasteiger partial charge in [0.25, 0.3) is 5.91 Å². The van der Waals surface area contributed by atoms with E-state index in [2.05, 4.69) is 44.4 Å². The third-order valence-corrected chi connectivity index (χ3v) is 5.19. The molecule has 1 atom stereocenters. The molecule has 2 aliphatic rings. The Morgan fingerprint density at radius 3 is 2.48 bits per heavy atom. The number of likely N-dealkylation sites (tertiary alicyclic amines) is 1. The molecule has 0 bridgehead atoms. The van der Waals surface area contributed by atoms with Gasteiger partial charge >= 0.3 is 0 Å². The predicted octanol–water partition coefficient (Wildman–Crippen LogP) is 2.71. The average Bonchev–Trinajstić information content (AvgIpc) is 3.18. The molecule has 2 fully saturated rings. The molecule has 1 saturated carbocycles. The van der Waals surface area contributed by atoms with Crippen LogP contribution in [0.5, 0.6) is 0 Å². The van der Waals surface area contributed by atoms with Gasteiger partial charge in [0.1, 0.15) is 0 Å². The first-order chi connectivity index (χ1) is 10.6. The van der Waals surface area contributed by atoms with Crippen LogP contribution in [0.15, 0.2) is 6.07 Å². The summed E-state index contributed by atoms with van der Waals surface area (Å²) in [6.45, 7) is 12.1. The van der Waals surface area contributed by atoms with Crippen molar-refractivity contribution in [2.24, 2.45) is 11.1 Å². The van der Waals surface area contributed by atoms with Gasteiger partial charge in [0.05, 0.1) is 5.54 Å². The summed E-state index contributed by atoms with van der Waals surface area (Å²) >= 11 is 0. The molecule has 1 aliphatic carbocycles. The highest BCUT2D eigenvalue weighted by Gasteiger charge is 2.38. The largest absolute Gasteiger partial charge is 0.337 e. The molecule has 0 aromatic carbocycles. The van der Waals surface area contributed by atoms with Crippen LogP contribution in [0.4, 0.5) is 0 Å². The zero-order valence-corrected chi connectivity index (χ0v) is 15.1. The summed E-state index contributed by atoms with van der Waals surface area (Å²) in [6, 6.07) is 2.17. The van der Waals surface area contributed by atoms with E-state index in [4.69, 9.17) is 5.73 Å². The monoisotopic (exact) mass is 318 g/mol. The molecule has 0 spiro atoms. The summed E-state index contributed by atoms with van der Waals surface area (Å²) in [5.74, 6) is 0.629. The van der Waals surface area contributed by atoms with Crippen molar-refractivity contribution in [1.29, 1.82) is 0 Å². The molecule has 1 saturated heterocycles. The Morgan fingerprint density at radius 2 is 1.96 bits per heavy atom. The summed E-state index contributed by atoms with van der Waals surface area (Å²) < 4.78 is 2.05. The van der Waals surface area contributed by atoms with Gasteiger partial charge in [-0.2, -0.15) is 5.10 Å². The standard InChI is InChI=1S/C18H30N4O/c1-17(2,3)22-14(12-6-7-12)10-13(20-22)16(23)21-9-8-15(19)18(4,5)11-21/h10,12,15H,6-9,11,19H2,1-5H3. The van der Waals surface area contributed by atoms with E-state index in [9.17, 15) is 4.79 Å². The van der Waals surface area contributed by atoms with Crippen molar-refractivity contribution >= 4 is 5.91 Å². The van der Waals surface area contributed by atoms with Crippen LogP contribution in [-0.4, -0.2) is 39.7 Å². The normalized spacial score (nSPS) is 24.8. The summed E-state index contributed by atoms with van der Waals surface area (Å²) in [7, 11) is 0. The Balaban J connectivity index is 1.86. The number of carbonyl (C=O) groups is 1. The molecule has 5 nitrogen and oxygen atoms in total. The molecule has 1 aromatic rings. The number of piperidine rings is 1. The SMILES string of the molecule is CC1(C)CN(C(=O)c2cc(C3CC3)n(C(C)(C)C)n2)CCC1N. The third kappa shape index (κ3) is 3.16. The van der Waals surface area contributed by atoms with Crippen molar-refractivity contribution in [1.82, 2.24) is 14.7 Å². The molecule has 1 aliphatic heterocycles. The second-order valence-corrected chi connectivity index (χ2v) is 8.92. The Morgan fingerprint density at radius 1 is 1.30 bits per heavy atom. The maximum atomic E-state index is 12.9. The highest BCUT2D eigenvalue weighted by molar-refractivity contribution is 5.92. The smallest absolute Gasteiger partial charge is 0.274 e. The zero-order valence-electron chi connectivity index (χ0n) is 15.1. The lowest BCUT2D eigenvalue weighted by molar-refractivity contribution is 0.0526. The lowest BCUT2D eigenvalue weighted by Crippen LogP contribution is -2.54. The van der Waals surface area contributed by atoms with Crippen LogP contribution in [0, 0.1) is 5.41 Å². The van der Waals surface area contributed by atoms with Gasteiger partial charge in [0.2, 0.25) is 0 Å². The van der Waals surface area contributed by atoms with Crippen molar-refractivity contribution in [2.45, 2.75) is 71.4 Å². The van der Waals surface area contributed by atoms with Crippen LogP contribution in [0.3, 0.4) is 0 Å². The molecular weight excluding hydrogens is 288 g/mol. The number of hydrogen-bond donors (Lipinski definition) is 1. The van der Waals surface area contributed by atoms with Crippen LogP contribution in [0.1, 0.15) is 76.0 Å². The molecule has 1 aromatic heterocycles. The fraction of sp³-hybridized carbons (Fsp3) is 0.778. The summed E-state index contributed by atoms with van der Waals surface area (Å²) in [5, 5.41) is 4.68. The highest BCUT2D eigenvalue weighted by Crippen LogP contribution is 2.42. The fourth-order valence-corrected chi connectivity index (χ4v) is 3.42. The number of carbonyl (C=O) groups excluding carboxylic acids is 1. The molecule has 5 heteroatoms. The van der Waals surface area contributed by atoms with Crippen LogP contribution in [0.2, 0.25) is 0 Å². The molecule has 128 valence electrons. The van der Waals surface area contributed by atoms with Crippen LogP contribution < -0.4 is 5.73 Å². The second-order valence-electron chi connectivity index (χ2n) is 8.92. The number of nitrogens with two attached hydrogens (primary N) is 1. The minimum Gasteiger partial charge on any atom is -0.337 e. The van der Waals surface area contributed by atoms with E-state index in [1.807, 2.05) is 11.0 Å². The van der Waals surface area contributed by atoms with Gasteiger partial charge in [-0.25, -0.2) is 0 Å². The van der Waals surface area contributed by atoms with Gasteiger partial charge in [-0.05, 0) is 51.5 Å². The van der Waals surface area contributed by atoms with Crippen LogP contribution >= 0.6 is 0 Å². The Kier molecular flexibility index (Phi) is 3.82. The molecule has 0 radical (unpaired) electrons. The summed E-state index contributed by atoms with van der Waals surface area (Å²) in [4.78, 5) is 14.9. The van der Waals surface area contributed by atoms with E-state index >= 15 is 0 Å². The van der Waals surface area contributed by atoms with Crippen LogP contribution in [0.25, 0.3) is 0 Å². The minimum absolute atomic E-state index is 0.0418. The number of rotatable bonds is 2. The predicted molar refractivity (Wildman–Crippen MR) is 91.5 cm³/mol. The first-order valence-electron chi connectivity index (χ1n) is 8.75. The van der Waals surface area contributed by atoms with Gasteiger partial charge < -0.3 is 10.6 Å². The lowest BCUT2D eigenvalue weighted by Gasteiger charge is -2.42. The van der Waals surface area contributed by atoms with E-state index < -0.39 is 0 Å². The van der Waals surface area contributed by atoms with E-state index in [0.29, 0.717) is 18.2 Å². The minimum atomic E-state index is -0.0972. The average molecular weight is 318 g/mol. The summed E-state index contributed by atoms with van der Waals surface area (Å²) in [5.41, 5.74) is 7.86. The summed E-state index contributed by atoms with van der Waals surface area (Å²) in [6.07, 6.45) is 3.27. The second kappa shape index (κ2) is 5.33. The fourth-order valence-electron chi connectivity index (χ4n) is 3.42. The lowest BCUT2D eigenvalue weighted by atomic mass is 9.79. The quantitative estimate of drug-likeness (QED) is 0.912. The van der Waals surface area contributed by atoms with E-state index in [1.54, 1.807) is 0 Å². The first-order valence-corrected chi connectivity index (χ1v) is 8.75. The number of aromatic nitrogens is 2. The Labute approximate surface area is 139 Å². The van der Waals surface area contributed by atoms with Crippen molar-refractivity contribution in [3.63, 3.8) is 0 Å². The molecule has 23 heavy (non-hydrogen) atoms. The van der Waals surface area contributed by atoms with Gasteiger partial charge in [-0.15, -0.1) is 0 Å². The van der Waals surface area contributed by atoms with Crippen molar-refractivity contribution in [3.05, 3.63) is 17.5 Å². The Bertz CT molecular complexity index is 607. The topological polar surface area (TPSA) is 64.2 Å². The first kappa shape index (κ1) is 16.5. The van der Waals surface area contributed by atoms with E-state index in [-0.39, 0.29) is 22.9 Å². The van der Waals surface area contributed by atoms with Crippen molar-refractivity contribution in [3.8, 4) is 0 Å². The van der Waals surface area contributed by atoms with Gasteiger partial charge in [-0.1, -0.05) is 13.8 Å². The van der Waals surface area contributed by atoms with E-state index in [0.717, 1.165) is 13.0 Å². The molecule has 1 unspecified atom stereocenters. The molecule has 1 amide bonds. The maximum absolute atomic E-state index is 12.9. The van der Waals surface area contributed by atoms with Crippen molar-refractivity contribution in [2.75, 3.05) is 13.1 Å². The van der Waals surface area contributed by atoms with E-state index in [1.165, 1.54) is 18.5 Å². The number of nitrogens with zero attached hydrogens (tertiary/aromatic N) is 3. The van der Waals surface area contributed by atoms with Gasteiger partial charge in [0.15, 0.2) is 5.69 Å². The molecule has 2 heterocycles. The number of hydrogen-bond acceptors (Lipinski definition) is 3. The zero-order chi connectivity index (χ0) is 17.0. The molecule has 3 rings (SSSR count).